The molecular formula is C22H18ClN7O2S2. The largest absolute Gasteiger partial charge is 0.337 e. The fraction of sp³-hybridized carbons (Fsp3) is 0.0909. The number of halogens is 1. The molecule has 0 radical (unpaired) electrons. The minimum atomic E-state index is -3.75. The number of thiazole rings is 1. The number of hydrogen-bond donors (Lipinski definition) is 2. The third kappa shape index (κ3) is 4.45. The zero-order valence-electron chi connectivity index (χ0n) is 18.0. The van der Waals surface area contributed by atoms with Gasteiger partial charge in [-0.3, -0.25) is 4.72 Å². The molecule has 3 heterocycles. The Balaban J connectivity index is 1.51. The standard InChI is InChI=1S/C22H18ClN7O2S2/c1-13-11-14(2)30(28-13)21-20(26-19-12-15(23)3-8-18(19)27-21)25-16-4-6-17(7-5-16)34(31,32)29-22-24-9-10-33-22/h3-12H,1-2H3,(H,24,29)(H,25,26). The van der Waals surface area contributed by atoms with Crippen LogP contribution in [0.4, 0.5) is 16.6 Å². The molecule has 9 nitrogen and oxygen atoms in total. The first-order valence-corrected chi connectivity index (χ1v) is 12.8. The van der Waals surface area contributed by atoms with E-state index in [9.17, 15) is 8.42 Å². The van der Waals surface area contributed by atoms with E-state index in [1.54, 1.807) is 40.4 Å². The van der Waals surface area contributed by atoms with Crippen molar-refractivity contribution in [3.05, 3.63) is 76.5 Å². The van der Waals surface area contributed by atoms with E-state index in [4.69, 9.17) is 21.6 Å². The van der Waals surface area contributed by atoms with Crippen molar-refractivity contribution >= 4 is 60.6 Å². The molecule has 5 aromatic rings. The smallest absolute Gasteiger partial charge is 0.263 e. The highest BCUT2D eigenvalue weighted by Gasteiger charge is 2.17. The summed E-state index contributed by atoms with van der Waals surface area (Å²) in [6, 6.07) is 13.6. The van der Waals surface area contributed by atoms with Gasteiger partial charge in [-0.25, -0.2) is 28.1 Å². The highest BCUT2D eigenvalue weighted by molar-refractivity contribution is 7.93. The van der Waals surface area contributed by atoms with Crippen LogP contribution in [0.2, 0.25) is 5.02 Å². The number of nitrogens with one attached hydrogen (secondary N) is 2. The van der Waals surface area contributed by atoms with E-state index in [1.165, 1.54) is 29.7 Å². The highest BCUT2D eigenvalue weighted by Crippen LogP contribution is 2.27. The summed E-state index contributed by atoms with van der Waals surface area (Å²) >= 11 is 7.36. The second-order valence-corrected chi connectivity index (χ2v) is 10.5. The van der Waals surface area contributed by atoms with Crippen molar-refractivity contribution in [3.63, 3.8) is 0 Å². The molecule has 172 valence electrons. The van der Waals surface area contributed by atoms with Gasteiger partial charge in [-0.2, -0.15) is 5.10 Å². The number of sulfonamides is 1. The average molecular weight is 512 g/mol. The van der Waals surface area contributed by atoms with E-state index in [0.29, 0.717) is 38.5 Å². The van der Waals surface area contributed by atoms with Crippen LogP contribution in [-0.4, -0.2) is 33.2 Å². The van der Waals surface area contributed by atoms with Gasteiger partial charge in [-0.1, -0.05) is 11.6 Å². The van der Waals surface area contributed by atoms with Crippen molar-refractivity contribution in [2.75, 3.05) is 10.0 Å². The van der Waals surface area contributed by atoms with Crippen LogP contribution < -0.4 is 10.0 Å². The fourth-order valence-corrected chi connectivity index (χ4v) is 5.35. The first kappa shape index (κ1) is 22.3. The van der Waals surface area contributed by atoms with Gasteiger partial charge >= 0.3 is 0 Å². The lowest BCUT2D eigenvalue weighted by molar-refractivity contribution is 0.601. The highest BCUT2D eigenvalue weighted by atomic mass is 35.5. The number of aromatic nitrogens is 5. The maximum Gasteiger partial charge on any atom is 0.263 e. The predicted molar refractivity (Wildman–Crippen MR) is 134 cm³/mol. The molecule has 0 aliphatic carbocycles. The molecule has 0 saturated heterocycles. The van der Waals surface area contributed by atoms with Gasteiger partial charge in [0.2, 0.25) is 0 Å². The lowest BCUT2D eigenvalue weighted by atomic mass is 10.3. The monoisotopic (exact) mass is 511 g/mol. The number of nitrogens with zero attached hydrogens (tertiary/aromatic N) is 5. The quantitative estimate of drug-likeness (QED) is 0.326. The molecule has 5 rings (SSSR count). The van der Waals surface area contributed by atoms with Crippen LogP contribution in [0, 0.1) is 13.8 Å². The normalized spacial score (nSPS) is 11.6. The van der Waals surface area contributed by atoms with Gasteiger partial charge in [0.25, 0.3) is 10.0 Å². The Kier molecular flexibility index (Phi) is 5.68. The van der Waals surface area contributed by atoms with Crippen molar-refractivity contribution < 1.29 is 8.42 Å². The minimum Gasteiger partial charge on any atom is -0.337 e. The Labute approximate surface area is 204 Å². The summed E-state index contributed by atoms with van der Waals surface area (Å²) in [5.41, 5.74) is 3.67. The molecule has 0 fully saturated rings. The van der Waals surface area contributed by atoms with Crippen LogP contribution in [0.3, 0.4) is 0 Å². The third-order valence-electron chi connectivity index (χ3n) is 4.90. The molecule has 12 heteroatoms. The van der Waals surface area contributed by atoms with Crippen molar-refractivity contribution in [3.8, 4) is 5.82 Å². The van der Waals surface area contributed by atoms with Gasteiger partial charge in [0.15, 0.2) is 16.8 Å². The van der Waals surface area contributed by atoms with E-state index in [0.717, 1.165) is 11.4 Å². The minimum absolute atomic E-state index is 0.114. The van der Waals surface area contributed by atoms with Crippen LogP contribution in [0.25, 0.3) is 16.9 Å². The van der Waals surface area contributed by atoms with Gasteiger partial charge in [0.05, 0.1) is 21.6 Å². The molecule has 3 aromatic heterocycles. The maximum atomic E-state index is 12.6. The Hall–Kier alpha value is -3.54. The fourth-order valence-electron chi connectivity index (χ4n) is 3.39. The Bertz CT molecular complexity index is 1600. The molecule has 0 unspecified atom stereocenters. The van der Waals surface area contributed by atoms with E-state index in [-0.39, 0.29) is 4.90 Å². The van der Waals surface area contributed by atoms with Crippen LogP contribution in [0.5, 0.6) is 0 Å². The number of aryl methyl sites for hydroxylation is 2. The van der Waals surface area contributed by atoms with Gasteiger partial charge in [0.1, 0.15) is 0 Å². The van der Waals surface area contributed by atoms with Crippen LogP contribution in [0.1, 0.15) is 11.4 Å². The zero-order valence-corrected chi connectivity index (χ0v) is 20.4. The molecule has 0 bridgehead atoms. The molecule has 0 aliphatic heterocycles. The maximum absolute atomic E-state index is 12.6. The van der Waals surface area contributed by atoms with E-state index >= 15 is 0 Å². The summed E-state index contributed by atoms with van der Waals surface area (Å²) in [5.74, 6) is 0.972. The second-order valence-electron chi connectivity index (χ2n) is 7.46. The van der Waals surface area contributed by atoms with Gasteiger partial charge in [0, 0.05) is 28.0 Å². The predicted octanol–water partition coefficient (Wildman–Crippen LogP) is 5.09. The van der Waals surface area contributed by atoms with E-state index in [1.807, 2.05) is 19.9 Å². The van der Waals surface area contributed by atoms with E-state index in [2.05, 4.69) is 20.1 Å². The van der Waals surface area contributed by atoms with Crippen LogP contribution in [-0.2, 0) is 10.0 Å². The van der Waals surface area contributed by atoms with E-state index < -0.39 is 10.0 Å². The molecule has 0 saturated carbocycles. The average Bonchev–Trinajstić information content (AvgIpc) is 3.42. The molecule has 0 atom stereocenters. The Morgan fingerprint density at radius 3 is 2.47 bits per heavy atom. The molecule has 0 aliphatic rings. The van der Waals surface area contributed by atoms with Crippen molar-refractivity contribution in [2.45, 2.75) is 18.7 Å². The SMILES string of the molecule is Cc1cc(C)n(-c2nc3ccc(Cl)cc3nc2Nc2ccc(S(=O)(=O)Nc3nccs3)cc2)n1. The first-order valence-electron chi connectivity index (χ1n) is 10.1. The topological polar surface area (TPSA) is 115 Å². The van der Waals surface area contributed by atoms with Crippen molar-refractivity contribution in [1.82, 2.24) is 24.7 Å². The van der Waals surface area contributed by atoms with Crippen molar-refractivity contribution in [1.29, 1.82) is 0 Å². The molecule has 34 heavy (non-hydrogen) atoms. The molecule has 0 spiro atoms. The number of fused-ring (bicyclic) bond motifs is 1. The van der Waals surface area contributed by atoms with Crippen molar-refractivity contribution in [2.24, 2.45) is 0 Å². The molecule has 0 amide bonds. The van der Waals surface area contributed by atoms with Gasteiger partial charge in [-0.15, -0.1) is 11.3 Å². The summed E-state index contributed by atoms with van der Waals surface area (Å²) in [5, 5.41) is 10.3. The zero-order chi connectivity index (χ0) is 23.9. The van der Waals surface area contributed by atoms with Gasteiger partial charge in [-0.05, 0) is 62.4 Å². The molecule has 2 aromatic carbocycles. The third-order valence-corrected chi connectivity index (χ3v) is 7.31. The molecular weight excluding hydrogens is 494 g/mol. The summed E-state index contributed by atoms with van der Waals surface area (Å²) in [6.45, 7) is 3.84. The summed E-state index contributed by atoms with van der Waals surface area (Å²) in [7, 11) is -3.75. The summed E-state index contributed by atoms with van der Waals surface area (Å²) < 4.78 is 29.4. The first-order chi connectivity index (χ1) is 16.3. The lowest BCUT2D eigenvalue weighted by Crippen LogP contribution is -2.12. The Morgan fingerprint density at radius 1 is 1.00 bits per heavy atom. The number of rotatable bonds is 6. The summed E-state index contributed by atoms with van der Waals surface area (Å²) in [4.78, 5) is 13.6. The Morgan fingerprint density at radius 2 is 1.79 bits per heavy atom. The number of hydrogen-bond acceptors (Lipinski definition) is 8. The lowest BCUT2D eigenvalue weighted by Gasteiger charge is -2.13. The van der Waals surface area contributed by atoms with Gasteiger partial charge < -0.3 is 5.32 Å². The number of anilines is 3. The number of benzene rings is 2. The molecule has 2 N–H and O–H groups in total. The second kappa shape index (κ2) is 8.67. The van der Waals surface area contributed by atoms with Crippen LogP contribution in [0.15, 0.2) is 65.0 Å². The van der Waals surface area contributed by atoms with Crippen LogP contribution >= 0.6 is 22.9 Å². The summed E-state index contributed by atoms with van der Waals surface area (Å²) in [6.07, 6.45) is 1.54.